The molecule has 5 heteroatoms. The minimum atomic E-state index is 0.436. The van der Waals surface area contributed by atoms with Crippen LogP contribution in [0.15, 0.2) is 60.0 Å². The molecule has 21 heavy (non-hydrogen) atoms. The molecular formula is C16H13N3O2. The number of oxime groups is 1. The molecule has 3 aromatic rings. The summed E-state index contributed by atoms with van der Waals surface area (Å²) in [5.74, 6) is 1.24. The van der Waals surface area contributed by atoms with E-state index in [1.165, 1.54) is 6.33 Å². The van der Waals surface area contributed by atoms with E-state index in [0.717, 1.165) is 22.2 Å². The van der Waals surface area contributed by atoms with Gasteiger partial charge >= 0.3 is 0 Å². The fraction of sp³-hybridized carbons (Fsp3) is 0.0625. The molecule has 0 atom stereocenters. The summed E-state index contributed by atoms with van der Waals surface area (Å²) in [6.45, 7) is 0. The largest absolute Gasteiger partial charge is 0.497 e. The number of benzene rings is 2. The lowest BCUT2D eigenvalue weighted by Crippen LogP contribution is -1.92. The van der Waals surface area contributed by atoms with E-state index in [1.54, 1.807) is 13.3 Å². The van der Waals surface area contributed by atoms with Crippen LogP contribution in [0.2, 0.25) is 0 Å². The number of hydrogen-bond donors (Lipinski definition) is 0. The van der Waals surface area contributed by atoms with E-state index in [0.29, 0.717) is 5.88 Å². The smallest absolute Gasteiger partial charge is 0.259 e. The molecule has 0 radical (unpaired) electrons. The number of methoxy groups -OCH3 is 1. The highest BCUT2D eigenvalue weighted by atomic mass is 16.6. The van der Waals surface area contributed by atoms with Gasteiger partial charge in [-0.1, -0.05) is 17.3 Å². The molecule has 0 saturated heterocycles. The van der Waals surface area contributed by atoms with Gasteiger partial charge in [-0.25, -0.2) is 4.98 Å². The average Bonchev–Trinajstić information content (AvgIpc) is 2.56. The van der Waals surface area contributed by atoms with Crippen LogP contribution in [0, 0.1) is 0 Å². The minimum absolute atomic E-state index is 0.436. The first-order chi connectivity index (χ1) is 10.4. The Hall–Kier alpha value is -2.95. The van der Waals surface area contributed by atoms with Crippen LogP contribution in [0.5, 0.6) is 11.6 Å². The second-order valence-corrected chi connectivity index (χ2v) is 4.29. The lowest BCUT2D eigenvalue weighted by molar-refractivity contribution is 0.334. The maximum Gasteiger partial charge on any atom is 0.259 e. The van der Waals surface area contributed by atoms with Gasteiger partial charge in [0.15, 0.2) is 0 Å². The molecule has 0 spiro atoms. The first kappa shape index (κ1) is 13.1. The quantitative estimate of drug-likeness (QED) is 0.544. The molecule has 0 aliphatic heterocycles. The molecule has 1 heterocycles. The summed E-state index contributed by atoms with van der Waals surface area (Å²) in [5, 5.41) is 4.79. The van der Waals surface area contributed by atoms with Crippen molar-refractivity contribution in [3.63, 3.8) is 0 Å². The minimum Gasteiger partial charge on any atom is -0.497 e. The number of fused-ring (bicyclic) bond motifs is 1. The van der Waals surface area contributed by atoms with E-state index >= 15 is 0 Å². The highest BCUT2D eigenvalue weighted by molar-refractivity contribution is 5.83. The van der Waals surface area contributed by atoms with Crippen LogP contribution in [0.3, 0.4) is 0 Å². The van der Waals surface area contributed by atoms with Crippen molar-refractivity contribution >= 4 is 17.1 Å². The zero-order valence-electron chi connectivity index (χ0n) is 11.4. The van der Waals surface area contributed by atoms with Gasteiger partial charge in [0.1, 0.15) is 12.1 Å². The standard InChI is InChI=1S/C16H13N3O2/c1-20-13-8-6-12(7-9-13)10-19-21-16-14-4-2-3-5-15(14)17-11-18-16/h2-11H,1H3/b19-10+. The molecule has 3 rings (SSSR count). The first-order valence-corrected chi connectivity index (χ1v) is 6.41. The van der Waals surface area contributed by atoms with Gasteiger partial charge in [0.2, 0.25) is 0 Å². The van der Waals surface area contributed by atoms with Crippen molar-refractivity contribution < 1.29 is 9.57 Å². The van der Waals surface area contributed by atoms with Crippen LogP contribution in [-0.2, 0) is 0 Å². The SMILES string of the molecule is COc1ccc(/C=N/Oc2ncnc3ccccc23)cc1. The van der Waals surface area contributed by atoms with Crippen molar-refractivity contribution in [1.82, 2.24) is 9.97 Å². The molecule has 0 unspecified atom stereocenters. The zero-order chi connectivity index (χ0) is 14.5. The second-order valence-electron chi connectivity index (χ2n) is 4.29. The van der Waals surface area contributed by atoms with E-state index in [1.807, 2.05) is 48.5 Å². The molecule has 0 N–H and O–H groups in total. The van der Waals surface area contributed by atoms with Gasteiger partial charge in [-0.05, 0) is 42.0 Å². The topological polar surface area (TPSA) is 56.6 Å². The summed E-state index contributed by atoms with van der Waals surface area (Å²) in [4.78, 5) is 13.6. The summed E-state index contributed by atoms with van der Waals surface area (Å²) in [5.41, 5.74) is 1.73. The molecule has 0 aliphatic rings. The van der Waals surface area contributed by atoms with Crippen molar-refractivity contribution in [2.24, 2.45) is 5.16 Å². The number of hydrogen-bond acceptors (Lipinski definition) is 5. The summed E-state index contributed by atoms with van der Waals surface area (Å²) in [7, 11) is 1.63. The van der Waals surface area contributed by atoms with Crippen molar-refractivity contribution in [2.45, 2.75) is 0 Å². The second kappa shape index (κ2) is 6.00. The monoisotopic (exact) mass is 279 g/mol. The van der Waals surface area contributed by atoms with E-state index < -0.39 is 0 Å². The Morgan fingerprint density at radius 2 is 1.81 bits per heavy atom. The van der Waals surface area contributed by atoms with Crippen LogP contribution in [0.25, 0.3) is 10.9 Å². The van der Waals surface area contributed by atoms with Gasteiger partial charge < -0.3 is 9.57 Å². The third kappa shape index (κ3) is 2.97. The number of aromatic nitrogens is 2. The fourth-order valence-corrected chi connectivity index (χ4v) is 1.88. The summed E-state index contributed by atoms with van der Waals surface area (Å²) in [6.07, 6.45) is 3.08. The fourth-order valence-electron chi connectivity index (χ4n) is 1.88. The van der Waals surface area contributed by atoms with Crippen LogP contribution >= 0.6 is 0 Å². The number of ether oxygens (including phenoxy) is 1. The molecule has 0 aliphatic carbocycles. The molecule has 5 nitrogen and oxygen atoms in total. The van der Waals surface area contributed by atoms with Gasteiger partial charge in [0.05, 0.1) is 24.2 Å². The number of nitrogens with zero attached hydrogens (tertiary/aromatic N) is 3. The molecule has 2 aromatic carbocycles. The summed E-state index contributed by atoms with van der Waals surface area (Å²) < 4.78 is 5.10. The van der Waals surface area contributed by atoms with E-state index in [4.69, 9.17) is 9.57 Å². The Balaban J connectivity index is 1.78. The molecule has 104 valence electrons. The van der Waals surface area contributed by atoms with Crippen LogP contribution in [-0.4, -0.2) is 23.3 Å². The van der Waals surface area contributed by atoms with Crippen molar-refractivity contribution in [2.75, 3.05) is 7.11 Å². The third-order valence-electron chi connectivity index (χ3n) is 2.96. The highest BCUT2D eigenvalue weighted by Crippen LogP contribution is 2.20. The van der Waals surface area contributed by atoms with Crippen molar-refractivity contribution in [1.29, 1.82) is 0 Å². The molecule has 0 saturated carbocycles. The third-order valence-corrected chi connectivity index (χ3v) is 2.96. The summed E-state index contributed by atoms with van der Waals surface area (Å²) in [6, 6.07) is 15.1. The average molecular weight is 279 g/mol. The van der Waals surface area contributed by atoms with E-state index in [-0.39, 0.29) is 0 Å². The Morgan fingerprint density at radius 1 is 1.00 bits per heavy atom. The van der Waals surface area contributed by atoms with Gasteiger partial charge in [-0.15, -0.1) is 0 Å². The van der Waals surface area contributed by atoms with Crippen molar-refractivity contribution in [3.05, 3.63) is 60.4 Å². The number of rotatable bonds is 4. The Morgan fingerprint density at radius 3 is 2.62 bits per heavy atom. The summed E-state index contributed by atoms with van der Waals surface area (Å²) >= 11 is 0. The van der Waals surface area contributed by atoms with Gasteiger partial charge in [0.25, 0.3) is 5.88 Å². The molecular weight excluding hydrogens is 266 g/mol. The van der Waals surface area contributed by atoms with Gasteiger partial charge in [0, 0.05) is 0 Å². The highest BCUT2D eigenvalue weighted by Gasteiger charge is 2.03. The maximum absolute atomic E-state index is 5.37. The van der Waals surface area contributed by atoms with Crippen LogP contribution in [0.4, 0.5) is 0 Å². The van der Waals surface area contributed by atoms with Crippen LogP contribution < -0.4 is 9.57 Å². The molecule has 0 bridgehead atoms. The Labute approximate surface area is 121 Å². The maximum atomic E-state index is 5.37. The van der Waals surface area contributed by atoms with Gasteiger partial charge in [-0.3, -0.25) is 0 Å². The molecule has 0 amide bonds. The zero-order valence-corrected chi connectivity index (χ0v) is 11.4. The van der Waals surface area contributed by atoms with Crippen molar-refractivity contribution in [3.8, 4) is 11.6 Å². The predicted molar refractivity (Wildman–Crippen MR) is 80.8 cm³/mol. The lowest BCUT2D eigenvalue weighted by Gasteiger charge is -2.01. The first-order valence-electron chi connectivity index (χ1n) is 6.41. The molecule has 1 aromatic heterocycles. The molecule has 0 fully saturated rings. The Kier molecular flexibility index (Phi) is 3.73. The van der Waals surface area contributed by atoms with E-state index in [2.05, 4.69) is 15.1 Å². The van der Waals surface area contributed by atoms with E-state index in [9.17, 15) is 0 Å². The lowest BCUT2D eigenvalue weighted by atomic mass is 10.2. The van der Waals surface area contributed by atoms with Crippen LogP contribution in [0.1, 0.15) is 5.56 Å². The van der Waals surface area contributed by atoms with Gasteiger partial charge in [-0.2, -0.15) is 4.98 Å². The predicted octanol–water partition coefficient (Wildman–Crippen LogP) is 3.05. The number of para-hydroxylation sites is 1. The normalized spacial score (nSPS) is 10.9. The Bertz CT molecular complexity index is 765.